The second-order valence-corrected chi connectivity index (χ2v) is 3.38. The Kier molecular flexibility index (Phi) is 2.37. The van der Waals surface area contributed by atoms with Gasteiger partial charge in [0, 0.05) is 18.1 Å². The minimum Gasteiger partial charge on any atom is -0.446 e. The summed E-state index contributed by atoms with van der Waals surface area (Å²) in [6.45, 7) is 3.69. The van der Waals surface area contributed by atoms with Gasteiger partial charge in [0.1, 0.15) is 17.7 Å². The molecule has 0 N–H and O–H groups in total. The summed E-state index contributed by atoms with van der Waals surface area (Å²) in [6, 6.07) is 7.28. The Bertz CT molecular complexity index is 483. The van der Waals surface area contributed by atoms with Gasteiger partial charge in [0.05, 0.1) is 0 Å². The molecule has 1 heterocycles. The van der Waals surface area contributed by atoms with E-state index in [4.69, 9.17) is 4.42 Å². The van der Waals surface area contributed by atoms with E-state index in [2.05, 4.69) is 4.98 Å². The minimum atomic E-state index is 0.655. The highest BCUT2D eigenvalue weighted by Gasteiger charge is 2.08. The van der Waals surface area contributed by atoms with Gasteiger partial charge in [0.25, 0.3) is 0 Å². The average molecular weight is 201 g/mol. The van der Waals surface area contributed by atoms with Crippen molar-refractivity contribution in [3.8, 4) is 11.3 Å². The van der Waals surface area contributed by atoms with Crippen molar-refractivity contribution in [2.45, 2.75) is 13.8 Å². The lowest BCUT2D eigenvalue weighted by atomic mass is 10.1. The average Bonchev–Trinajstić information content (AvgIpc) is 2.58. The predicted molar refractivity (Wildman–Crippen MR) is 56.8 cm³/mol. The summed E-state index contributed by atoms with van der Waals surface area (Å²) in [5.41, 5.74) is 2.47. The van der Waals surface area contributed by atoms with Crippen molar-refractivity contribution in [3.63, 3.8) is 0 Å². The fraction of sp³-hybridized carbons (Fsp3) is 0.167. The molecule has 2 aromatic rings. The Labute approximate surface area is 87.8 Å². The molecule has 0 atom stereocenters. The predicted octanol–water partition coefficient (Wildman–Crippen LogP) is 2.77. The van der Waals surface area contributed by atoms with E-state index in [1.807, 2.05) is 26.0 Å². The van der Waals surface area contributed by atoms with Crippen molar-refractivity contribution in [2.24, 2.45) is 0 Å². The van der Waals surface area contributed by atoms with Crippen LogP contribution in [0.25, 0.3) is 11.3 Å². The van der Waals surface area contributed by atoms with E-state index in [0.29, 0.717) is 11.5 Å². The summed E-state index contributed by atoms with van der Waals surface area (Å²) < 4.78 is 5.34. The highest BCUT2D eigenvalue weighted by molar-refractivity contribution is 5.76. The lowest BCUT2D eigenvalue weighted by Crippen LogP contribution is -1.83. The molecule has 2 rings (SSSR count). The normalized spacial score (nSPS) is 10.3. The van der Waals surface area contributed by atoms with E-state index in [9.17, 15) is 4.79 Å². The van der Waals surface area contributed by atoms with Crippen molar-refractivity contribution in [2.75, 3.05) is 0 Å². The highest BCUT2D eigenvalue weighted by atomic mass is 16.4. The zero-order valence-corrected chi connectivity index (χ0v) is 8.65. The highest BCUT2D eigenvalue weighted by Crippen LogP contribution is 2.22. The topological polar surface area (TPSA) is 43.1 Å². The van der Waals surface area contributed by atoms with Crippen molar-refractivity contribution in [3.05, 3.63) is 41.5 Å². The van der Waals surface area contributed by atoms with Crippen LogP contribution in [0, 0.1) is 13.8 Å². The number of nitrogens with zero attached hydrogens (tertiary/aromatic N) is 1. The van der Waals surface area contributed by atoms with Crippen LogP contribution in [0.5, 0.6) is 0 Å². The molecule has 0 aliphatic rings. The molecule has 0 aliphatic carbocycles. The number of carbonyl (C=O) groups is 1. The molecule has 0 saturated heterocycles. The van der Waals surface area contributed by atoms with Gasteiger partial charge in [-0.05, 0) is 6.92 Å². The third-order valence-corrected chi connectivity index (χ3v) is 2.22. The van der Waals surface area contributed by atoms with Crippen LogP contribution in [-0.4, -0.2) is 11.3 Å². The summed E-state index contributed by atoms with van der Waals surface area (Å²) in [4.78, 5) is 14.8. The van der Waals surface area contributed by atoms with Crippen LogP contribution >= 0.6 is 0 Å². The number of hydrogen-bond donors (Lipinski definition) is 0. The van der Waals surface area contributed by atoms with Crippen LogP contribution in [0.15, 0.2) is 28.7 Å². The second-order valence-electron chi connectivity index (χ2n) is 3.38. The summed E-state index contributed by atoms with van der Waals surface area (Å²) in [6.07, 6.45) is 0.824. The summed E-state index contributed by atoms with van der Waals surface area (Å²) in [7, 11) is 0. The molecule has 0 bridgehead atoms. The van der Waals surface area contributed by atoms with Crippen LogP contribution in [0.1, 0.15) is 22.0 Å². The Hall–Kier alpha value is -1.90. The third-order valence-electron chi connectivity index (χ3n) is 2.22. The first-order valence-electron chi connectivity index (χ1n) is 4.70. The van der Waals surface area contributed by atoms with E-state index in [1.165, 1.54) is 0 Å². The van der Waals surface area contributed by atoms with E-state index in [-0.39, 0.29) is 0 Å². The number of oxazole rings is 1. The van der Waals surface area contributed by atoms with Crippen molar-refractivity contribution >= 4 is 6.29 Å². The number of aromatic nitrogens is 1. The quantitative estimate of drug-likeness (QED) is 0.701. The summed E-state index contributed by atoms with van der Waals surface area (Å²) in [5, 5.41) is 0. The van der Waals surface area contributed by atoms with Gasteiger partial charge in [-0.15, -0.1) is 0 Å². The molecule has 0 spiro atoms. The molecule has 0 aliphatic heterocycles. The zero-order chi connectivity index (χ0) is 10.8. The van der Waals surface area contributed by atoms with Crippen LogP contribution in [0.3, 0.4) is 0 Å². The van der Waals surface area contributed by atoms with E-state index >= 15 is 0 Å². The molecule has 0 fully saturated rings. The van der Waals surface area contributed by atoms with Crippen LogP contribution in [0.2, 0.25) is 0 Å². The maximum Gasteiger partial charge on any atom is 0.191 e. The number of carbonyl (C=O) groups excluding carboxylic acids is 1. The van der Waals surface area contributed by atoms with Gasteiger partial charge in [-0.3, -0.25) is 4.79 Å². The first kappa shape index (κ1) is 9.65. The van der Waals surface area contributed by atoms with Gasteiger partial charge < -0.3 is 4.42 Å². The molecule has 0 amide bonds. The largest absolute Gasteiger partial charge is 0.446 e. The fourth-order valence-corrected chi connectivity index (χ4v) is 1.52. The number of hydrogen-bond acceptors (Lipinski definition) is 3. The molecule has 0 saturated carbocycles. The Balaban J connectivity index is 2.45. The molecule has 76 valence electrons. The molecular formula is C12H11NO2. The molecular weight excluding hydrogens is 190 g/mol. The lowest BCUT2D eigenvalue weighted by Gasteiger charge is -1.97. The SMILES string of the molecule is Cc1nc(-c2ccc(C=O)cc2)c(C)o1. The maximum atomic E-state index is 10.5. The van der Waals surface area contributed by atoms with Gasteiger partial charge in [0.2, 0.25) is 0 Å². The molecule has 3 nitrogen and oxygen atoms in total. The van der Waals surface area contributed by atoms with Crippen LogP contribution in [0.4, 0.5) is 0 Å². The van der Waals surface area contributed by atoms with E-state index in [0.717, 1.165) is 23.3 Å². The summed E-state index contributed by atoms with van der Waals surface area (Å²) in [5.74, 6) is 1.45. The van der Waals surface area contributed by atoms with Crippen molar-refractivity contribution < 1.29 is 9.21 Å². The zero-order valence-electron chi connectivity index (χ0n) is 8.65. The number of aryl methyl sites for hydroxylation is 2. The third kappa shape index (κ3) is 1.81. The molecule has 1 aromatic heterocycles. The van der Waals surface area contributed by atoms with Gasteiger partial charge in [-0.1, -0.05) is 24.3 Å². The summed E-state index contributed by atoms with van der Waals surface area (Å²) >= 11 is 0. The van der Waals surface area contributed by atoms with Crippen LogP contribution < -0.4 is 0 Å². The molecule has 0 unspecified atom stereocenters. The maximum absolute atomic E-state index is 10.5. The number of rotatable bonds is 2. The minimum absolute atomic E-state index is 0.655. The first-order chi connectivity index (χ1) is 7.20. The van der Waals surface area contributed by atoms with Crippen LogP contribution in [-0.2, 0) is 0 Å². The van der Waals surface area contributed by atoms with Gasteiger partial charge in [0.15, 0.2) is 5.89 Å². The standard InChI is InChI=1S/C12H11NO2/c1-8-12(13-9(2)15-8)11-5-3-10(7-14)4-6-11/h3-7H,1-2H3. The van der Waals surface area contributed by atoms with Gasteiger partial charge in [-0.25, -0.2) is 4.98 Å². The monoisotopic (exact) mass is 201 g/mol. The first-order valence-corrected chi connectivity index (χ1v) is 4.70. The smallest absolute Gasteiger partial charge is 0.191 e. The Morgan fingerprint density at radius 1 is 1.20 bits per heavy atom. The van der Waals surface area contributed by atoms with Crippen molar-refractivity contribution in [1.29, 1.82) is 0 Å². The molecule has 0 radical (unpaired) electrons. The van der Waals surface area contributed by atoms with Gasteiger partial charge in [-0.2, -0.15) is 0 Å². The number of benzene rings is 1. The van der Waals surface area contributed by atoms with Crippen molar-refractivity contribution in [1.82, 2.24) is 4.98 Å². The number of aldehydes is 1. The lowest BCUT2D eigenvalue weighted by molar-refractivity contribution is 0.112. The molecule has 15 heavy (non-hydrogen) atoms. The van der Waals surface area contributed by atoms with E-state index in [1.54, 1.807) is 12.1 Å². The molecule has 1 aromatic carbocycles. The second kappa shape index (κ2) is 3.69. The van der Waals surface area contributed by atoms with Gasteiger partial charge >= 0.3 is 0 Å². The Morgan fingerprint density at radius 3 is 2.33 bits per heavy atom. The Morgan fingerprint density at radius 2 is 1.87 bits per heavy atom. The molecule has 3 heteroatoms. The van der Waals surface area contributed by atoms with E-state index < -0.39 is 0 Å². The fourth-order valence-electron chi connectivity index (χ4n) is 1.52.